The van der Waals surface area contributed by atoms with Gasteiger partial charge in [-0.15, -0.1) is 0 Å². The van der Waals surface area contributed by atoms with E-state index < -0.39 is 0 Å². The topological polar surface area (TPSA) is 51.4 Å². The van der Waals surface area contributed by atoms with E-state index in [1.165, 1.54) is 73.9 Å². The lowest BCUT2D eigenvalue weighted by atomic mass is 9.89. The summed E-state index contributed by atoms with van der Waals surface area (Å²) in [7, 11) is 0. The van der Waals surface area contributed by atoms with Crippen molar-refractivity contribution < 1.29 is 9.15 Å². The first-order valence-electron chi connectivity index (χ1n) is 11.3. The van der Waals surface area contributed by atoms with Gasteiger partial charge in [-0.1, -0.05) is 6.42 Å². The lowest BCUT2D eigenvalue weighted by molar-refractivity contribution is 0.0145. The SMILES string of the molecule is c1ncc(-c2ncc(N3CCCCC3)c(C3CCCCS3)c2C2CCCCO2)o1. The van der Waals surface area contributed by atoms with Gasteiger partial charge in [0.1, 0.15) is 5.69 Å². The van der Waals surface area contributed by atoms with Gasteiger partial charge in [0.15, 0.2) is 12.2 Å². The predicted molar refractivity (Wildman–Crippen MR) is 117 cm³/mol. The highest BCUT2D eigenvalue weighted by molar-refractivity contribution is 7.99. The second kappa shape index (κ2) is 9.09. The highest BCUT2D eigenvalue weighted by Gasteiger charge is 2.33. The van der Waals surface area contributed by atoms with E-state index in [1.54, 1.807) is 6.20 Å². The van der Waals surface area contributed by atoms with E-state index in [0.29, 0.717) is 5.25 Å². The van der Waals surface area contributed by atoms with Gasteiger partial charge in [0.2, 0.25) is 0 Å². The van der Waals surface area contributed by atoms with Gasteiger partial charge in [-0.05, 0) is 62.7 Å². The van der Waals surface area contributed by atoms with Crippen LogP contribution in [0.3, 0.4) is 0 Å². The maximum atomic E-state index is 6.35. The van der Waals surface area contributed by atoms with Crippen LogP contribution in [-0.2, 0) is 4.74 Å². The molecule has 3 saturated heterocycles. The minimum atomic E-state index is 0.110. The average molecular weight is 414 g/mol. The van der Waals surface area contributed by atoms with Crippen LogP contribution in [0.25, 0.3) is 11.5 Å². The number of thioether (sulfide) groups is 1. The van der Waals surface area contributed by atoms with E-state index in [9.17, 15) is 0 Å². The molecule has 29 heavy (non-hydrogen) atoms. The molecule has 3 aliphatic rings. The van der Waals surface area contributed by atoms with Gasteiger partial charge >= 0.3 is 0 Å². The number of oxazole rings is 1. The average Bonchev–Trinajstić information content (AvgIpc) is 3.35. The van der Waals surface area contributed by atoms with Gasteiger partial charge in [-0.25, -0.2) is 4.98 Å². The molecule has 2 unspecified atom stereocenters. The minimum Gasteiger partial charge on any atom is -0.442 e. The van der Waals surface area contributed by atoms with E-state index in [0.717, 1.165) is 44.0 Å². The van der Waals surface area contributed by atoms with Crippen LogP contribution < -0.4 is 4.90 Å². The van der Waals surface area contributed by atoms with Gasteiger partial charge < -0.3 is 14.1 Å². The van der Waals surface area contributed by atoms with Gasteiger partial charge in [-0.2, -0.15) is 11.8 Å². The zero-order chi connectivity index (χ0) is 19.5. The predicted octanol–water partition coefficient (Wildman–Crippen LogP) is 5.93. The number of piperidine rings is 1. The van der Waals surface area contributed by atoms with Gasteiger partial charge in [-0.3, -0.25) is 4.98 Å². The molecule has 0 spiro atoms. The second-order valence-electron chi connectivity index (χ2n) is 8.44. The molecular weight excluding hydrogens is 382 g/mol. The summed E-state index contributed by atoms with van der Waals surface area (Å²) in [5.74, 6) is 2.01. The zero-order valence-electron chi connectivity index (χ0n) is 17.1. The lowest BCUT2D eigenvalue weighted by Crippen LogP contribution is -2.31. The van der Waals surface area contributed by atoms with Gasteiger partial charge in [0.05, 0.1) is 24.2 Å². The van der Waals surface area contributed by atoms with E-state index in [-0.39, 0.29) is 6.10 Å². The Morgan fingerprint density at radius 1 is 0.931 bits per heavy atom. The first kappa shape index (κ1) is 19.4. The molecule has 6 heteroatoms. The van der Waals surface area contributed by atoms with Crippen molar-refractivity contribution >= 4 is 17.4 Å². The van der Waals surface area contributed by atoms with Crippen LogP contribution in [0.15, 0.2) is 23.2 Å². The van der Waals surface area contributed by atoms with Crippen molar-refractivity contribution in [2.45, 2.75) is 69.1 Å². The number of rotatable bonds is 4. The third-order valence-electron chi connectivity index (χ3n) is 6.50. The van der Waals surface area contributed by atoms with Crippen molar-refractivity contribution in [3.05, 3.63) is 29.9 Å². The zero-order valence-corrected chi connectivity index (χ0v) is 18.0. The van der Waals surface area contributed by atoms with Crippen molar-refractivity contribution in [2.24, 2.45) is 0 Å². The quantitative estimate of drug-likeness (QED) is 0.619. The van der Waals surface area contributed by atoms with E-state index >= 15 is 0 Å². The first-order chi connectivity index (χ1) is 14.4. The Morgan fingerprint density at radius 2 is 1.83 bits per heavy atom. The van der Waals surface area contributed by atoms with Crippen LogP contribution in [0, 0.1) is 0 Å². The summed E-state index contributed by atoms with van der Waals surface area (Å²) < 4.78 is 12.1. The molecule has 5 heterocycles. The molecule has 156 valence electrons. The highest BCUT2D eigenvalue weighted by Crippen LogP contribution is 2.49. The number of hydrogen-bond donors (Lipinski definition) is 0. The van der Waals surface area contributed by atoms with Crippen LogP contribution >= 0.6 is 11.8 Å². The standard InChI is InChI=1S/C23H31N3O2S/c1-4-10-26(11-5-1)17-14-25-23(19-15-24-16-28-19)22(18-8-2-6-12-27-18)21(17)20-9-3-7-13-29-20/h14-16,18,20H,1-13H2. The van der Waals surface area contributed by atoms with E-state index in [2.05, 4.69) is 27.8 Å². The lowest BCUT2D eigenvalue weighted by Gasteiger charge is -2.36. The molecule has 0 bridgehead atoms. The second-order valence-corrected chi connectivity index (χ2v) is 9.75. The molecule has 3 fully saturated rings. The van der Waals surface area contributed by atoms with Crippen LogP contribution in [0.2, 0.25) is 0 Å². The summed E-state index contributed by atoms with van der Waals surface area (Å²) in [6.07, 6.45) is 16.7. The summed E-state index contributed by atoms with van der Waals surface area (Å²) in [5, 5.41) is 0.519. The van der Waals surface area contributed by atoms with Crippen molar-refractivity contribution in [2.75, 3.05) is 30.3 Å². The fraction of sp³-hybridized carbons (Fsp3) is 0.652. The molecule has 0 aromatic carbocycles. The normalized spacial score (nSPS) is 25.9. The molecule has 0 amide bonds. The number of anilines is 1. The maximum absolute atomic E-state index is 6.35. The number of aromatic nitrogens is 2. The summed E-state index contributed by atoms with van der Waals surface area (Å²) in [5.41, 5.74) is 5.04. The Balaban J connectivity index is 1.67. The van der Waals surface area contributed by atoms with Crippen molar-refractivity contribution in [1.29, 1.82) is 0 Å². The smallest absolute Gasteiger partial charge is 0.181 e. The molecule has 2 atom stereocenters. The van der Waals surface area contributed by atoms with Crippen molar-refractivity contribution in [3.8, 4) is 11.5 Å². The van der Waals surface area contributed by atoms with Crippen LogP contribution in [0.1, 0.15) is 80.3 Å². The van der Waals surface area contributed by atoms with E-state index in [4.69, 9.17) is 14.1 Å². The molecule has 2 aromatic rings. The third kappa shape index (κ3) is 4.06. The summed E-state index contributed by atoms with van der Waals surface area (Å²) in [4.78, 5) is 11.7. The monoisotopic (exact) mass is 413 g/mol. The van der Waals surface area contributed by atoms with Crippen LogP contribution in [0.4, 0.5) is 5.69 Å². The van der Waals surface area contributed by atoms with Crippen LogP contribution in [-0.4, -0.2) is 35.4 Å². The number of hydrogen-bond acceptors (Lipinski definition) is 6. The van der Waals surface area contributed by atoms with Gasteiger partial charge in [0, 0.05) is 30.5 Å². The van der Waals surface area contributed by atoms with Crippen molar-refractivity contribution in [1.82, 2.24) is 9.97 Å². The van der Waals surface area contributed by atoms with Crippen LogP contribution in [0.5, 0.6) is 0 Å². The fourth-order valence-corrected chi connectivity index (χ4v) is 6.45. The largest absolute Gasteiger partial charge is 0.442 e. The molecule has 0 saturated carbocycles. The molecule has 5 nitrogen and oxygen atoms in total. The molecule has 5 rings (SSSR count). The minimum absolute atomic E-state index is 0.110. The molecule has 0 N–H and O–H groups in total. The summed E-state index contributed by atoms with van der Waals surface area (Å²) in [6.45, 7) is 3.11. The molecule has 0 radical (unpaired) electrons. The van der Waals surface area contributed by atoms with Crippen molar-refractivity contribution in [3.63, 3.8) is 0 Å². The fourth-order valence-electron chi connectivity index (χ4n) is 5.05. The maximum Gasteiger partial charge on any atom is 0.181 e. The highest BCUT2D eigenvalue weighted by atomic mass is 32.2. The van der Waals surface area contributed by atoms with Gasteiger partial charge in [0.25, 0.3) is 0 Å². The number of ether oxygens (including phenoxy) is 1. The third-order valence-corrected chi connectivity index (χ3v) is 7.90. The summed E-state index contributed by atoms with van der Waals surface area (Å²) >= 11 is 2.12. The Bertz CT molecular complexity index is 793. The number of nitrogens with zero attached hydrogens (tertiary/aromatic N) is 3. The molecular formula is C23H31N3O2S. The molecule has 0 aliphatic carbocycles. The summed E-state index contributed by atoms with van der Waals surface area (Å²) in [6, 6.07) is 0. The molecule has 2 aromatic heterocycles. The molecule has 3 aliphatic heterocycles. The number of pyridine rings is 1. The Hall–Kier alpha value is -1.53. The first-order valence-corrected chi connectivity index (χ1v) is 12.4. The Kier molecular flexibility index (Phi) is 6.09. The van der Waals surface area contributed by atoms with E-state index in [1.807, 2.05) is 0 Å². The Labute approximate surface area is 177 Å². The Morgan fingerprint density at radius 3 is 2.55 bits per heavy atom.